The Morgan fingerprint density at radius 1 is 1.41 bits per heavy atom. The zero-order chi connectivity index (χ0) is 12.4. The minimum atomic E-state index is -0.544. The van der Waals surface area contributed by atoms with Crippen molar-refractivity contribution < 1.29 is 13.5 Å². The van der Waals surface area contributed by atoms with Gasteiger partial charge in [-0.1, -0.05) is 6.07 Å². The monoisotopic (exact) mass is 241 g/mol. The maximum Gasteiger partial charge on any atom is 0.130 e. The Hall–Kier alpha value is -1.00. The van der Waals surface area contributed by atoms with Gasteiger partial charge in [-0.2, -0.15) is 0 Å². The fourth-order valence-electron chi connectivity index (χ4n) is 2.48. The van der Waals surface area contributed by atoms with Crippen molar-refractivity contribution in [2.45, 2.75) is 25.5 Å². The highest BCUT2D eigenvalue weighted by atomic mass is 19.1. The van der Waals surface area contributed by atoms with Crippen molar-refractivity contribution in [1.29, 1.82) is 0 Å². The van der Waals surface area contributed by atoms with Crippen LogP contribution in [0, 0.1) is 17.6 Å². The average Bonchev–Trinajstić information content (AvgIpc) is 2.69. The lowest BCUT2D eigenvalue weighted by Gasteiger charge is -2.22. The Morgan fingerprint density at radius 2 is 2.18 bits per heavy atom. The lowest BCUT2D eigenvalue weighted by molar-refractivity contribution is 0.117. The molecule has 1 heterocycles. The number of hydrogen-bond donors (Lipinski definition) is 1. The molecule has 0 aliphatic carbocycles. The van der Waals surface area contributed by atoms with E-state index in [0.717, 1.165) is 12.5 Å². The summed E-state index contributed by atoms with van der Waals surface area (Å²) < 4.78 is 32.1. The highest BCUT2D eigenvalue weighted by Gasteiger charge is 2.31. The first-order chi connectivity index (χ1) is 8.11. The summed E-state index contributed by atoms with van der Waals surface area (Å²) in [5, 5.41) is 3.10. The first-order valence-electron chi connectivity index (χ1n) is 5.85. The molecule has 0 spiro atoms. The molecule has 2 nitrogen and oxygen atoms in total. The van der Waals surface area contributed by atoms with Crippen LogP contribution in [0.4, 0.5) is 8.78 Å². The van der Waals surface area contributed by atoms with Crippen molar-refractivity contribution in [2.75, 3.05) is 13.7 Å². The fourth-order valence-corrected chi connectivity index (χ4v) is 2.48. The molecule has 0 radical (unpaired) electrons. The zero-order valence-electron chi connectivity index (χ0n) is 10.0. The van der Waals surface area contributed by atoms with Gasteiger partial charge in [0.05, 0.1) is 12.7 Å². The quantitative estimate of drug-likeness (QED) is 0.878. The van der Waals surface area contributed by atoms with Crippen LogP contribution in [-0.4, -0.2) is 19.8 Å². The van der Waals surface area contributed by atoms with Gasteiger partial charge in [-0.25, -0.2) is 8.78 Å². The molecular formula is C13H17F2NO. The number of nitrogens with one attached hydrogen (secondary N) is 1. The van der Waals surface area contributed by atoms with Crippen LogP contribution in [0.15, 0.2) is 18.2 Å². The van der Waals surface area contributed by atoms with Gasteiger partial charge in [-0.05, 0) is 26.5 Å². The number of halogens is 2. The van der Waals surface area contributed by atoms with Gasteiger partial charge in [0.25, 0.3) is 0 Å². The van der Waals surface area contributed by atoms with Gasteiger partial charge < -0.3 is 10.1 Å². The summed E-state index contributed by atoms with van der Waals surface area (Å²) in [4.78, 5) is 0. The van der Waals surface area contributed by atoms with Crippen molar-refractivity contribution in [3.8, 4) is 0 Å². The first kappa shape index (κ1) is 12.5. The van der Waals surface area contributed by atoms with E-state index in [9.17, 15) is 8.78 Å². The lowest BCUT2D eigenvalue weighted by atomic mass is 9.91. The Balaban J connectivity index is 2.23. The number of benzene rings is 1. The van der Waals surface area contributed by atoms with E-state index in [4.69, 9.17) is 4.74 Å². The topological polar surface area (TPSA) is 21.3 Å². The van der Waals surface area contributed by atoms with E-state index in [0.29, 0.717) is 12.2 Å². The SMILES string of the molecule is CNC(c1ccc(F)cc1F)C1COC(C)C1. The van der Waals surface area contributed by atoms with Crippen molar-refractivity contribution in [3.63, 3.8) is 0 Å². The molecule has 1 aromatic rings. The molecule has 17 heavy (non-hydrogen) atoms. The molecule has 0 saturated carbocycles. The third-order valence-corrected chi connectivity index (χ3v) is 3.31. The summed E-state index contributed by atoms with van der Waals surface area (Å²) in [6.07, 6.45) is 1.10. The number of hydrogen-bond acceptors (Lipinski definition) is 2. The summed E-state index contributed by atoms with van der Waals surface area (Å²) in [6, 6.07) is 3.61. The third-order valence-electron chi connectivity index (χ3n) is 3.31. The molecule has 1 aliphatic heterocycles. The van der Waals surface area contributed by atoms with Crippen LogP contribution >= 0.6 is 0 Å². The number of rotatable bonds is 3. The standard InChI is InChI=1S/C13H17F2NO/c1-8-5-9(7-17-8)13(16-2)11-4-3-10(14)6-12(11)15/h3-4,6,8-9,13,16H,5,7H2,1-2H3. The van der Waals surface area contributed by atoms with E-state index >= 15 is 0 Å². The van der Waals surface area contributed by atoms with Crippen LogP contribution in [0.1, 0.15) is 24.9 Å². The van der Waals surface area contributed by atoms with E-state index in [-0.39, 0.29) is 18.1 Å². The maximum atomic E-state index is 13.7. The normalized spacial score (nSPS) is 26.1. The van der Waals surface area contributed by atoms with Crippen LogP contribution in [0.5, 0.6) is 0 Å². The molecule has 1 N–H and O–H groups in total. The van der Waals surface area contributed by atoms with Crippen LogP contribution < -0.4 is 5.32 Å². The Kier molecular flexibility index (Phi) is 3.74. The highest BCUT2D eigenvalue weighted by molar-refractivity contribution is 5.23. The molecule has 2 rings (SSSR count). The molecule has 0 amide bonds. The molecule has 94 valence electrons. The third kappa shape index (κ3) is 2.64. The molecule has 1 saturated heterocycles. The van der Waals surface area contributed by atoms with Gasteiger partial charge in [-0.3, -0.25) is 0 Å². The van der Waals surface area contributed by atoms with E-state index in [1.807, 2.05) is 6.92 Å². The maximum absolute atomic E-state index is 13.7. The fraction of sp³-hybridized carbons (Fsp3) is 0.538. The van der Waals surface area contributed by atoms with Crippen molar-refractivity contribution in [1.82, 2.24) is 5.32 Å². The van der Waals surface area contributed by atoms with Crippen LogP contribution in [0.2, 0.25) is 0 Å². The van der Waals surface area contributed by atoms with Gasteiger partial charge in [-0.15, -0.1) is 0 Å². The molecular weight excluding hydrogens is 224 g/mol. The lowest BCUT2D eigenvalue weighted by Crippen LogP contribution is -2.26. The van der Waals surface area contributed by atoms with Gasteiger partial charge in [0.15, 0.2) is 0 Å². The highest BCUT2D eigenvalue weighted by Crippen LogP contribution is 2.32. The molecule has 3 unspecified atom stereocenters. The minimum Gasteiger partial charge on any atom is -0.378 e. The summed E-state index contributed by atoms with van der Waals surface area (Å²) in [6.45, 7) is 2.62. The summed E-state index contributed by atoms with van der Waals surface area (Å²) >= 11 is 0. The average molecular weight is 241 g/mol. The molecule has 4 heteroatoms. The zero-order valence-corrected chi connectivity index (χ0v) is 10.0. The van der Waals surface area contributed by atoms with E-state index in [1.54, 1.807) is 7.05 Å². The van der Waals surface area contributed by atoms with E-state index < -0.39 is 11.6 Å². The van der Waals surface area contributed by atoms with Gasteiger partial charge >= 0.3 is 0 Å². The number of ether oxygens (including phenoxy) is 1. The van der Waals surface area contributed by atoms with E-state index in [1.165, 1.54) is 12.1 Å². The minimum absolute atomic E-state index is 0.124. The summed E-state index contributed by atoms with van der Waals surface area (Å²) in [5.41, 5.74) is 0.511. The second-order valence-electron chi connectivity index (χ2n) is 4.57. The van der Waals surface area contributed by atoms with Crippen molar-refractivity contribution in [2.24, 2.45) is 5.92 Å². The molecule has 0 bridgehead atoms. The van der Waals surface area contributed by atoms with Crippen molar-refractivity contribution in [3.05, 3.63) is 35.4 Å². The Labute approximate surface area is 100.0 Å². The Morgan fingerprint density at radius 3 is 2.71 bits per heavy atom. The molecule has 1 aromatic carbocycles. The van der Waals surface area contributed by atoms with Crippen LogP contribution in [0.25, 0.3) is 0 Å². The Bertz CT molecular complexity index is 397. The summed E-state index contributed by atoms with van der Waals surface area (Å²) in [7, 11) is 1.79. The van der Waals surface area contributed by atoms with Gasteiger partial charge in [0.2, 0.25) is 0 Å². The molecule has 3 atom stereocenters. The van der Waals surface area contributed by atoms with E-state index in [2.05, 4.69) is 5.32 Å². The van der Waals surface area contributed by atoms with Gasteiger partial charge in [0.1, 0.15) is 11.6 Å². The molecule has 0 aromatic heterocycles. The summed E-state index contributed by atoms with van der Waals surface area (Å²) in [5.74, 6) is -0.809. The predicted octanol–water partition coefficient (Wildman–Crippen LogP) is 2.65. The smallest absolute Gasteiger partial charge is 0.130 e. The van der Waals surface area contributed by atoms with Crippen LogP contribution in [0.3, 0.4) is 0 Å². The van der Waals surface area contributed by atoms with Crippen LogP contribution in [-0.2, 0) is 4.74 Å². The molecule has 1 aliphatic rings. The predicted molar refractivity (Wildman–Crippen MR) is 61.7 cm³/mol. The molecule has 1 fully saturated rings. The largest absolute Gasteiger partial charge is 0.378 e. The first-order valence-corrected chi connectivity index (χ1v) is 5.85. The second kappa shape index (κ2) is 5.10. The van der Waals surface area contributed by atoms with Crippen molar-refractivity contribution >= 4 is 0 Å². The van der Waals surface area contributed by atoms with Gasteiger partial charge in [0, 0.05) is 23.6 Å². The second-order valence-corrected chi connectivity index (χ2v) is 4.57.